The van der Waals surface area contributed by atoms with E-state index in [9.17, 15) is 13.6 Å². The highest BCUT2D eigenvalue weighted by Gasteiger charge is 2.28. The summed E-state index contributed by atoms with van der Waals surface area (Å²) in [4.78, 5) is 26.9. The third kappa shape index (κ3) is 3.85. The number of carbonyl (C=O) groups excluding carboxylic acids is 1. The lowest BCUT2D eigenvalue weighted by Gasteiger charge is -2.33. The van der Waals surface area contributed by atoms with Crippen LogP contribution in [0, 0.1) is 0 Å². The van der Waals surface area contributed by atoms with Crippen LogP contribution in [-0.4, -0.2) is 62.2 Å². The predicted molar refractivity (Wildman–Crippen MR) is 95.6 cm³/mol. The van der Waals surface area contributed by atoms with Crippen molar-refractivity contribution in [2.24, 2.45) is 0 Å². The molecular weight excluding hydrogens is 358 g/mol. The summed E-state index contributed by atoms with van der Waals surface area (Å²) in [5, 5.41) is 3.08. The summed E-state index contributed by atoms with van der Waals surface area (Å²) in [6, 6.07) is -0.532. The standard InChI is InChI=1S/C17H24F2N6O2/c1-4-11(17(26)24-6-7-27-10(3)8-24)22-14-12-15(21-9-20-14)25(5-2)16(23-12)13(18)19/h9-11,13H,4-8H2,1-3H3,(H,20,21,22)/t10-,11+/m1/s1. The third-order valence-corrected chi connectivity index (χ3v) is 4.64. The van der Waals surface area contributed by atoms with Gasteiger partial charge < -0.3 is 19.5 Å². The number of rotatable bonds is 6. The average Bonchev–Trinajstić information content (AvgIpc) is 3.05. The maximum Gasteiger partial charge on any atom is 0.295 e. The first-order valence-electron chi connectivity index (χ1n) is 9.12. The molecular formula is C17H24F2N6O2. The zero-order chi connectivity index (χ0) is 19.6. The molecule has 0 unspecified atom stereocenters. The fourth-order valence-electron chi connectivity index (χ4n) is 3.28. The SMILES string of the molecule is CC[C@H](Nc1ncnc2c1nc(C(F)F)n2CC)C(=O)N1CCO[C@H](C)C1. The van der Waals surface area contributed by atoms with Crippen molar-refractivity contribution in [3.05, 3.63) is 12.2 Å². The maximum atomic E-state index is 13.3. The highest BCUT2D eigenvalue weighted by molar-refractivity contribution is 5.89. The number of fused-ring (bicyclic) bond motifs is 1. The Hall–Kier alpha value is -2.36. The monoisotopic (exact) mass is 382 g/mol. The van der Waals surface area contributed by atoms with Gasteiger partial charge in [-0.3, -0.25) is 4.79 Å². The lowest BCUT2D eigenvalue weighted by Crippen LogP contribution is -2.50. The van der Waals surface area contributed by atoms with Crippen LogP contribution in [0.3, 0.4) is 0 Å². The molecule has 0 radical (unpaired) electrons. The average molecular weight is 382 g/mol. The van der Waals surface area contributed by atoms with Gasteiger partial charge in [0, 0.05) is 19.6 Å². The van der Waals surface area contributed by atoms with Gasteiger partial charge in [0.2, 0.25) is 5.91 Å². The molecule has 3 heterocycles. The van der Waals surface area contributed by atoms with Gasteiger partial charge in [-0.15, -0.1) is 0 Å². The van der Waals surface area contributed by atoms with Crippen molar-refractivity contribution in [3.63, 3.8) is 0 Å². The molecule has 0 spiro atoms. The second-order valence-electron chi connectivity index (χ2n) is 6.48. The van der Waals surface area contributed by atoms with E-state index in [0.717, 1.165) is 0 Å². The number of nitrogens with zero attached hydrogens (tertiary/aromatic N) is 5. The number of carbonyl (C=O) groups is 1. The Balaban J connectivity index is 1.89. The summed E-state index contributed by atoms with van der Waals surface area (Å²) in [6.45, 7) is 7.42. The molecule has 0 saturated carbocycles. The van der Waals surface area contributed by atoms with E-state index in [2.05, 4.69) is 20.3 Å². The van der Waals surface area contributed by atoms with Gasteiger partial charge in [-0.25, -0.2) is 23.7 Å². The van der Waals surface area contributed by atoms with Crippen molar-refractivity contribution in [2.75, 3.05) is 25.0 Å². The number of ether oxygens (including phenoxy) is 1. The van der Waals surface area contributed by atoms with Gasteiger partial charge in [0.15, 0.2) is 22.8 Å². The Morgan fingerprint density at radius 1 is 1.41 bits per heavy atom. The molecule has 2 atom stereocenters. The first-order chi connectivity index (χ1) is 13.0. The van der Waals surface area contributed by atoms with Crippen molar-refractivity contribution in [1.29, 1.82) is 0 Å². The van der Waals surface area contributed by atoms with Crippen LogP contribution in [0.25, 0.3) is 11.2 Å². The van der Waals surface area contributed by atoms with Gasteiger partial charge in [-0.2, -0.15) is 0 Å². The van der Waals surface area contributed by atoms with E-state index in [0.29, 0.717) is 38.3 Å². The van der Waals surface area contributed by atoms with Crippen molar-refractivity contribution >= 4 is 22.9 Å². The number of halogens is 2. The quantitative estimate of drug-likeness (QED) is 0.825. The van der Waals surface area contributed by atoms with E-state index in [-0.39, 0.29) is 29.2 Å². The number of nitrogens with one attached hydrogen (secondary N) is 1. The topological polar surface area (TPSA) is 85.2 Å². The summed E-state index contributed by atoms with van der Waals surface area (Å²) in [6.07, 6.45) is -0.918. The molecule has 2 aromatic rings. The molecule has 10 heteroatoms. The minimum absolute atomic E-state index is 0.0141. The van der Waals surface area contributed by atoms with Gasteiger partial charge in [0.05, 0.1) is 12.7 Å². The lowest BCUT2D eigenvalue weighted by molar-refractivity contribution is -0.139. The zero-order valence-electron chi connectivity index (χ0n) is 15.7. The van der Waals surface area contributed by atoms with E-state index in [1.165, 1.54) is 10.9 Å². The molecule has 148 valence electrons. The Morgan fingerprint density at radius 3 is 2.81 bits per heavy atom. The summed E-state index contributed by atoms with van der Waals surface area (Å²) in [5.74, 6) is -0.128. The van der Waals surface area contributed by atoms with E-state index in [4.69, 9.17) is 4.74 Å². The first-order valence-corrected chi connectivity index (χ1v) is 9.12. The van der Waals surface area contributed by atoms with Crippen LogP contribution in [-0.2, 0) is 16.1 Å². The minimum atomic E-state index is -2.72. The molecule has 1 saturated heterocycles. The highest BCUT2D eigenvalue weighted by Crippen LogP contribution is 2.26. The molecule has 3 rings (SSSR count). The second-order valence-corrected chi connectivity index (χ2v) is 6.48. The van der Waals surface area contributed by atoms with Crippen molar-refractivity contribution in [2.45, 2.75) is 52.3 Å². The largest absolute Gasteiger partial charge is 0.375 e. The molecule has 0 aromatic carbocycles. The Bertz CT molecular complexity index is 812. The van der Waals surface area contributed by atoms with Crippen molar-refractivity contribution < 1.29 is 18.3 Å². The first kappa shape index (κ1) is 19.4. The highest BCUT2D eigenvalue weighted by atomic mass is 19.3. The van der Waals surface area contributed by atoms with Crippen LogP contribution in [0.5, 0.6) is 0 Å². The molecule has 27 heavy (non-hydrogen) atoms. The molecule has 1 fully saturated rings. The second kappa shape index (κ2) is 8.12. The number of anilines is 1. The van der Waals surface area contributed by atoms with Crippen molar-refractivity contribution in [1.82, 2.24) is 24.4 Å². The summed E-state index contributed by atoms with van der Waals surface area (Å²) < 4.78 is 33.4. The normalized spacial score (nSPS) is 18.9. The number of aromatic nitrogens is 4. The lowest BCUT2D eigenvalue weighted by atomic mass is 10.1. The third-order valence-electron chi connectivity index (χ3n) is 4.64. The van der Waals surface area contributed by atoms with Gasteiger partial charge >= 0.3 is 0 Å². The maximum absolute atomic E-state index is 13.3. The van der Waals surface area contributed by atoms with E-state index >= 15 is 0 Å². The summed E-state index contributed by atoms with van der Waals surface area (Å²) in [7, 11) is 0. The summed E-state index contributed by atoms with van der Waals surface area (Å²) in [5.41, 5.74) is 0.573. The molecule has 2 aromatic heterocycles. The van der Waals surface area contributed by atoms with Crippen LogP contribution in [0.15, 0.2) is 6.33 Å². The number of alkyl halides is 2. The van der Waals surface area contributed by atoms with Crippen LogP contribution >= 0.6 is 0 Å². The van der Waals surface area contributed by atoms with Gasteiger partial charge in [0.25, 0.3) is 6.43 Å². The Kier molecular flexibility index (Phi) is 5.83. The van der Waals surface area contributed by atoms with Crippen LogP contribution in [0.1, 0.15) is 39.4 Å². The fourth-order valence-corrected chi connectivity index (χ4v) is 3.28. The van der Waals surface area contributed by atoms with E-state index in [1.54, 1.807) is 11.8 Å². The molecule has 1 amide bonds. The minimum Gasteiger partial charge on any atom is -0.375 e. The number of amides is 1. The number of hydrogen-bond donors (Lipinski definition) is 1. The predicted octanol–water partition coefficient (Wildman–Crippen LogP) is 2.22. The Labute approximate surface area is 155 Å². The molecule has 0 bridgehead atoms. The molecule has 1 N–H and O–H groups in total. The molecule has 1 aliphatic rings. The smallest absolute Gasteiger partial charge is 0.295 e. The Morgan fingerprint density at radius 2 is 2.19 bits per heavy atom. The summed E-state index contributed by atoms with van der Waals surface area (Å²) >= 11 is 0. The molecule has 0 aliphatic carbocycles. The molecule has 8 nitrogen and oxygen atoms in total. The zero-order valence-corrected chi connectivity index (χ0v) is 15.7. The van der Waals surface area contributed by atoms with Gasteiger partial charge in [-0.1, -0.05) is 6.92 Å². The van der Waals surface area contributed by atoms with Crippen LogP contribution < -0.4 is 5.32 Å². The van der Waals surface area contributed by atoms with Crippen LogP contribution in [0.2, 0.25) is 0 Å². The number of imidazole rings is 1. The van der Waals surface area contributed by atoms with Gasteiger partial charge in [0.1, 0.15) is 12.4 Å². The number of aryl methyl sites for hydroxylation is 1. The molecule has 1 aliphatic heterocycles. The van der Waals surface area contributed by atoms with Crippen molar-refractivity contribution in [3.8, 4) is 0 Å². The fraction of sp³-hybridized carbons (Fsp3) is 0.647. The van der Waals surface area contributed by atoms with E-state index in [1.807, 2.05) is 13.8 Å². The number of hydrogen-bond acceptors (Lipinski definition) is 6. The van der Waals surface area contributed by atoms with E-state index < -0.39 is 12.5 Å². The van der Waals surface area contributed by atoms with Crippen LogP contribution in [0.4, 0.5) is 14.6 Å². The van der Waals surface area contributed by atoms with Gasteiger partial charge in [-0.05, 0) is 20.3 Å². The number of morpholine rings is 1.